The fraction of sp³-hybridized carbons (Fsp3) is 0.571. The molecule has 1 saturated heterocycles. The van der Waals surface area contributed by atoms with Crippen molar-refractivity contribution < 1.29 is 0 Å². The summed E-state index contributed by atoms with van der Waals surface area (Å²) in [5, 5.41) is 4.18. The lowest BCUT2D eigenvalue weighted by Crippen LogP contribution is -2.32. The molecular formula is C14H22N6. The second-order valence-corrected chi connectivity index (χ2v) is 5.24. The summed E-state index contributed by atoms with van der Waals surface area (Å²) in [6, 6.07) is 3.99. The van der Waals surface area contributed by atoms with Gasteiger partial charge in [0.05, 0.1) is 6.20 Å². The lowest BCUT2D eigenvalue weighted by Gasteiger charge is -2.22. The second kappa shape index (κ2) is 6.19. The van der Waals surface area contributed by atoms with Crippen LogP contribution in [0.25, 0.3) is 5.65 Å². The number of aromatic nitrogens is 3. The summed E-state index contributed by atoms with van der Waals surface area (Å²) in [5.74, 6) is 1.05. The van der Waals surface area contributed by atoms with Gasteiger partial charge in [-0.1, -0.05) is 0 Å². The average Bonchev–Trinajstić information content (AvgIpc) is 2.82. The maximum atomic E-state index is 5.59. The van der Waals surface area contributed by atoms with Crippen molar-refractivity contribution in [2.45, 2.75) is 12.8 Å². The van der Waals surface area contributed by atoms with E-state index in [0.717, 1.165) is 57.2 Å². The molecule has 0 aliphatic carbocycles. The monoisotopic (exact) mass is 274 g/mol. The van der Waals surface area contributed by atoms with Crippen LogP contribution in [-0.2, 0) is 0 Å². The minimum atomic E-state index is 0.777. The van der Waals surface area contributed by atoms with E-state index in [-0.39, 0.29) is 0 Å². The lowest BCUT2D eigenvalue weighted by atomic mass is 10.3. The van der Waals surface area contributed by atoms with E-state index in [1.807, 2.05) is 12.3 Å². The fourth-order valence-electron chi connectivity index (χ4n) is 2.72. The minimum absolute atomic E-state index is 0.777. The molecule has 2 N–H and O–H groups in total. The van der Waals surface area contributed by atoms with Crippen molar-refractivity contribution in [3.63, 3.8) is 0 Å². The average molecular weight is 274 g/mol. The standard InChI is InChI=1S/C14H22N6/c15-5-1-7-18-8-2-9-19(12-11-18)13-4-10-20-14(17-13)3-6-16-20/h3-4,6,10H,1-2,5,7-9,11-12,15H2. The van der Waals surface area contributed by atoms with Gasteiger partial charge in [-0.25, -0.2) is 9.50 Å². The first kappa shape index (κ1) is 13.3. The first-order valence-corrected chi connectivity index (χ1v) is 7.34. The smallest absolute Gasteiger partial charge is 0.157 e. The highest BCUT2D eigenvalue weighted by Crippen LogP contribution is 2.15. The van der Waals surface area contributed by atoms with Gasteiger partial charge in [-0.2, -0.15) is 5.10 Å². The Labute approximate surface area is 119 Å². The Morgan fingerprint density at radius 2 is 2.10 bits per heavy atom. The lowest BCUT2D eigenvalue weighted by molar-refractivity contribution is 0.291. The SMILES string of the molecule is NCCCN1CCCN(c2ccn3nccc3n2)CC1. The molecule has 20 heavy (non-hydrogen) atoms. The topological polar surface area (TPSA) is 62.7 Å². The highest BCUT2D eigenvalue weighted by Gasteiger charge is 2.15. The van der Waals surface area contributed by atoms with Crippen LogP contribution in [0, 0.1) is 0 Å². The molecule has 3 rings (SSSR count). The molecule has 0 amide bonds. The van der Waals surface area contributed by atoms with Crippen LogP contribution in [0.3, 0.4) is 0 Å². The van der Waals surface area contributed by atoms with Gasteiger partial charge >= 0.3 is 0 Å². The minimum Gasteiger partial charge on any atom is -0.355 e. The molecular weight excluding hydrogens is 252 g/mol. The highest BCUT2D eigenvalue weighted by molar-refractivity contribution is 5.47. The Hall–Kier alpha value is -1.66. The quantitative estimate of drug-likeness (QED) is 0.884. The summed E-state index contributed by atoms with van der Waals surface area (Å²) >= 11 is 0. The molecule has 1 aliphatic heterocycles. The van der Waals surface area contributed by atoms with Crippen molar-refractivity contribution in [3.05, 3.63) is 24.5 Å². The number of nitrogens with zero attached hydrogens (tertiary/aromatic N) is 5. The molecule has 3 heterocycles. The third kappa shape index (κ3) is 2.91. The summed E-state index contributed by atoms with van der Waals surface area (Å²) in [4.78, 5) is 9.55. The Kier molecular flexibility index (Phi) is 4.13. The van der Waals surface area contributed by atoms with E-state index < -0.39 is 0 Å². The van der Waals surface area contributed by atoms with Crippen LogP contribution in [0.15, 0.2) is 24.5 Å². The molecule has 1 aliphatic rings. The number of rotatable bonds is 4. The molecule has 0 saturated carbocycles. The summed E-state index contributed by atoms with van der Waals surface area (Å²) in [6.07, 6.45) is 6.02. The van der Waals surface area contributed by atoms with E-state index >= 15 is 0 Å². The van der Waals surface area contributed by atoms with Crippen molar-refractivity contribution in [1.82, 2.24) is 19.5 Å². The molecule has 0 aromatic carbocycles. The van der Waals surface area contributed by atoms with Crippen LogP contribution >= 0.6 is 0 Å². The normalized spacial score (nSPS) is 17.6. The predicted molar refractivity (Wildman–Crippen MR) is 79.9 cm³/mol. The van der Waals surface area contributed by atoms with Crippen LogP contribution in [0.5, 0.6) is 0 Å². The molecule has 108 valence electrons. The number of fused-ring (bicyclic) bond motifs is 1. The van der Waals surface area contributed by atoms with Gasteiger partial charge in [0.15, 0.2) is 5.65 Å². The highest BCUT2D eigenvalue weighted by atomic mass is 15.3. The van der Waals surface area contributed by atoms with Crippen LogP contribution in [0.4, 0.5) is 5.82 Å². The van der Waals surface area contributed by atoms with Crippen LogP contribution in [0.1, 0.15) is 12.8 Å². The Bertz CT molecular complexity index is 551. The fourth-order valence-corrected chi connectivity index (χ4v) is 2.72. The van der Waals surface area contributed by atoms with Crippen LogP contribution in [-0.4, -0.2) is 58.8 Å². The van der Waals surface area contributed by atoms with Gasteiger partial charge in [-0.3, -0.25) is 0 Å². The molecule has 2 aromatic heterocycles. The Morgan fingerprint density at radius 1 is 1.15 bits per heavy atom. The molecule has 0 atom stereocenters. The van der Waals surface area contributed by atoms with E-state index in [1.54, 1.807) is 10.7 Å². The number of hydrogen-bond acceptors (Lipinski definition) is 5. The molecule has 0 radical (unpaired) electrons. The first-order chi connectivity index (χ1) is 9.86. The zero-order chi connectivity index (χ0) is 13.8. The van der Waals surface area contributed by atoms with Crippen LogP contribution < -0.4 is 10.6 Å². The molecule has 0 unspecified atom stereocenters. The van der Waals surface area contributed by atoms with Gasteiger partial charge in [-0.05, 0) is 38.5 Å². The summed E-state index contributed by atoms with van der Waals surface area (Å²) in [5.41, 5.74) is 6.50. The molecule has 6 nitrogen and oxygen atoms in total. The Morgan fingerprint density at radius 3 is 3.00 bits per heavy atom. The number of anilines is 1. The van der Waals surface area contributed by atoms with Crippen molar-refractivity contribution in [3.8, 4) is 0 Å². The van der Waals surface area contributed by atoms with Gasteiger partial charge in [0.1, 0.15) is 5.82 Å². The molecule has 6 heteroatoms. The van der Waals surface area contributed by atoms with Gasteiger partial charge in [-0.15, -0.1) is 0 Å². The molecule has 0 bridgehead atoms. The molecule has 1 fully saturated rings. The largest absolute Gasteiger partial charge is 0.355 e. The third-order valence-corrected chi connectivity index (χ3v) is 3.83. The number of nitrogens with two attached hydrogens (primary N) is 1. The zero-order valence-corrected chi connectivity index (χ0v) is 11.8. The van der Waals surface area contributed by atoms with Crippen LogP contribution in [0.2, 0.25) is 0 Å². The van der Waals surface area contributed by atoms with Gasteiger partial charge in [0.2, 0.25) is 0 Å². The van der Waals surface area contributed by atoms with Gasteiger partial charge in [0, 0.05) is 31.9 Å². The van der Waals surface area contributed by atoms with Crippen molar-refractivity contribution >= 4 is 11.5 Å². The van der Waals surface area contributed by atoms with E-state index in [9.17, 15) is 0 Å². The summed E-state index contributed by atoms with van der Waals surface area (Å²) < 4.78 is 1.80. The maximum Gasteiger partial charge on any atom is 0.157 e. The van der Waals surface area contributed by atoms with Gasteiger partial charge < -0.3 is 15.5 Å². The van der Waals surface area contributed by atoms with Gasteiger partial charge in [0.25, 0.3) is 0 Å². The van der Waals surface area contributed by atoms with E-state index in [4.69, 9.17) is 5.73 Å². The maximum absolute atomic E-state index is 5.59. The molecule has 0 spiro atoms. The van der Waals surface area contributed by atoms with Crippen molar-refractivity contribution in [1.29, 1.82) is 0 Å². The van der Waals surface area contributed by atoms with Crippen molar-refractivity contribution in [2.24, 2.45) is 5.73 Å². The Balaban J connectivity index is 1.67. The third-order valence-electron chi connectivity index (χ3n) is 3.83. The van der Waals surface area contributed by atoms with E-state index in [2.05, 4.69) is 25.9 Å². The van der Waals surface area contributed by atoms with E-state index in [0.29, 0.717) is 0 Å². The summed E-state index contributed by atoms with van der Waals surface area (Å²) in [6.45, 7) is 6.23. The van der Waals surface area contributed by atoms with Crippen molar-refractivity contribution in [2.75, 3.05) is 44.2 Å². The zero-order valence-electron chi connectivity index (χ0n) is 11.8. The molecule has 2 aromatic rings. The predicted octanol–water partition coefficient (Wildman–Crippen LogP) is 0.590. The first-order valence-electron chi connectivity index (χ1n) is 7.34. The van der Waals surface area contributed by atoms with E-state index in [1.165, 1.54) is 6.42 Å². The number of hydrogen-bond donors (Lipinski definition) is 1. The summed E-state index contributed by atoms with van der Waals surface area (Å²) in [7, 11) is 0. The second-order valence-electron chi connectivity index (χ2n) is 5.24.